The van der Waals surface area contributed by atoms with Crippen LogP contribution in [-0.2, 0) is 9.53 Å². The highest BCUT2D eigenvalue weighted by Gasteiger charge is 2.25. The van der Waals surface area contributed by atoms with E-state index in [9.17, 15) is 9.59 Å². The van der Waals surface area contributed by atoms with E-state index in [0.717, 1.165) is 25.8 Å². The average molecular weight is 284 g/mol. The number of alkyl carbamates (subject to hydrolysis) is 1. The second-order valence-electron chi connectivity index (χ2n) is 6.32. The maximum Gasteiger partial charge on any atom is 0.407 e. The van der Waals surface area contributed by atoms with Crippen LogP contribution >= 0.6 is 0 Å². The van der Waals surface area contributed by atoms with Gasteiger partial charge in [-0.2, -0.15) is 0 Å². The Morgan fingerprint density at radius 3 is 2.60 bits per heavy atom. The van der Waals surface area contributed by atoms with Crippen LogP contribution in [0.15, 0.2) is 0 Å². The van der Waals surface area contributed by atoms with E-state index in [0.29, 0.717) is 19.0 Å². The first kappa shape index (κ1) is 16.8. The molecule has 0 aliphatic carbocycles. The lowest BCUT2D eigenvalue weighted by atomic mass is 9.99. The molecule has 0 aromatic rings. The molecule has 0 radical (unpaired) electrons. The Labute approximate surface area is 122 Å². The Hall–Kier alpha value is -1.26. The SMILES string of the molecule is CCC1CCCCN1C(=O)CCNC(=O)OC(C)(C)C. The largest absolute Gasteiger partial charge is 0.444 e. The minimum absolute atomic E-state index is 0.132. The van der Waals surface area contributed by atoms with Gasteiger partial charge < -0.3 is 15.0 Å². The number of carbonyl (C=O) groups excluding carboxylic acids is 2. The number of nitrogens with one attached hydrogen (secondary N) is 1. The highest BCUT2D eigenvalue weighted by Crippen LogP contribution is 2.20. The van der Waals surface area contributed by atoms with Gasteiger partial charge in [-0.15, -0.1) is 0 Å². The van der Waals surface area contributed by atoms with E-state index < -0.39 is 11.7 Å². The molecule has 0 bridgehead atoms. The van der Waals surface area contributed by atoms with Crippen LogP contribution in [0.5, 0.6) is 0 Å². The predicted octanol–water partition coefficient (Wildman–Crippen LogP) is 2.69. The normalized spacial score (nSPS) is 19.6. The van der Waals surface area contributed by atoms with E-state index in [2.05, 4.69) is 12.2 Å². The quantitative estimate of drug-likeness (QED) is 0.863. The molecule has 1 heterocycles. The van der Waals surface area contributed by atoms with Crippen LogP contribution in [0.3, 0.4) is 0 Å². The molecule has 1 atom stereocenters. The lowest BCUT2D eigenvalue weighted by Crippen LogP contribution is -2.44. The third kappa shape index (κ3) is 5.80. The van der Waals surface area contributed by atoms with Crippen molar-refractivity contribution in [3.8, 4) is 0 Å². The van der Waals surface area contributed by atoms with Crippen molar-refractivity contribution in [2.45, 2.75) is 71.4 Å². The molecular formula is C15H28N2O3. The number of amides is 2. The zero-order valence-corrected chi connectivity index (χ0v) is 13.2. The summed E-state index contributed by atoms with van der Waals surface area (Å²) >= 11 is 0. The molecule has 1 rings (SSSR count). The molecule has 20 heavy (non-hydrogen) atoms. The number of ether oxygens (including phenoxy) is 1. The molecule has 2 amide bonds. The topological polar surface area (TPSA) is 58.6 Å². The number of hydrogen-bond donors (Lipinski definition) is 1. The Bertz CT molecular complexity index is 337. The van der Waals surface area contributed by atoms with Gasteiger partial charge in [0.25, 0.3) is 0 Å². The van der Waals surface area contributed by atoms with E-state index in [1.165, 1.54) is 6.42 Å². The van der Waals surface area contributed by atoms with Crippen LogP contribution in [-0.4, -0.2) is 41.6 Å². The van der Waals surface area contributed by atoms with Gasteiger partial charge in [0.05, 0.1) is 0 Å². The Morgan fingerprint density at radius 1 is 1.30 bits per heavy atom. The monoisotopic (exact) mass is 284 g/mol. The number of likely N-dealkylation sites (tertiary alicyclic amines) is 1. The minimum atomic E-state index is -0.506. The summed E-state index contributed by atoms with van der Waals surface area (Å²) in [5.41, 5.74) is -0.506. The maximum atomic E-state index is 12.2. The van der Waals surface area contributed by atoms with Gasteiger partial charge in [-0.1, -0.05) is 6.92 Å². The zero-order chi connectivity index (χ0) is 15.2. The Morgan fingerprint density at radius 2 is 2.00 bits per heavy atom. The number of carbonyl (C=O) groups is 2. The smallest absolute Gasteiger partial charge is 0.407 e. The molecule has 1 unspecified atom stereocenters. The molecule has 1 saturated heterocycles. The van der Waals surface area contributed by atoms with Gasteiger partial charge in [0.15, 0.2) is 0 Å². The molecule has 0 aromatic carbocycles. The van der Waals surface area contributed by atoms with Crippen LogP contribution in [0, 0.1) is 0 Å². The Kier molecular flexibility index (Phi) is 6.30. The fraction of sp³-hybridized carbons (Fsp3) is 0.867. The third-order valence-corrected chi connectivity index (χ3v) is 3.43. The van der Waals surface area contributed by atoms with Crippen LogP contribution in [0.4, 0.5) is 4.79 Å². The lowest BCUT2D eigenvalue weighted by molar-refractivity contribution is -0.134. The van der Waals surface area contributed by atoms with Gasteiger partial charge in [0, 0.05) is 25.6 Å². The summed E-state index contributed by atoms with van der Waals surface area (Å²) in [4.78, 5) is 25.6. The first-order valence-electron chi connectivity index (χ1n) is 7.60. The van der Waals surface area contributed by atoms with Crippen molar-refractivity contribution < 1.29 is 14.3 Å². The van der Waals surface area contributed by atoms with Gasteiger partial charge in [0.1, 0.15) is 5.60 Å². The van der Waals surface area contributed by atoms with Crippen LogP contribution < -0.4 is 5.32 Å². The molecule has 1 aliphatic rings. The molecule has 1 fully saturated rings. The standard InChI is InChI=1S/C15H28N2O3/c1-5-12-8-6-7-11-17(12)13(18)9-10-16-14(19)20-15(2,3)4/h12H,5-11H2,1-4H3,(H,16,19). The average Bonchev–Trinajstić information content (AvgIpc) is 2.36. The van der Waals surface area contributed by atoms with Gasteiger partial charge >= 0.3 is 6.09 Å². The molecule has 1 N–H and O–H groups in total. The van der Waals surface area contributed by atoms with Crippen molar-refractivity contribution in [3.63, 3.8) is 0 Å². The summed E-state index contributed by atoms with van der Waals surface area (Å²) in [5.74, 6) is 0.132. The lowest BCUT2D eigenvalue weighted by Gasteiger charge is -2.35. The van der Waals surface area contributed by atoms with Crippen molar-refractivity contribution in [2.75, 3.05) is 13.1 Å². The summed E-state index contributed by atoms with van der Waals surface area (Å²) in [6.45, 7) is 8.76. The molecule has 0 saturated carbocycles. The van der Waals surface area contributed by atoms with Crippen molar-refractivity contribution in [1.82, 2.24) is 10.2 Å². The third-order valence-electron chi connectivity index (χ3n) is 3.43. The summed E-state index contributed by atoms with van der Waals surface area (Å²) in [7, 11) is 0. The van der Waals surface area contributed by atoms with Gasteiger partial charge in [-0.3, -0.25) is 4.79 Å². The van der Waals surface area contributed by atoms with E-state index >= 15 is 0 Å². The summed E-state index contributed by atoms with van der Waals surface area (Å²) in [5, 5.41) is 2.63. The molecular weight excluding hydrogens is 256 g/mol. The molecule has 5 nitrogen and oxygen atoms in total. The van der Waals surface area contributed by atoms with E-state index in [1.807, 2.05) is 25.7 Å². The first-order chi connectivity index (χ1) is 9.33. The van der Waals surface area contributed by atoms with Gasteiger partial charge in [-0.25, -0.2) is 4.79 Å². The van der Waals surface area contributed by atoms with Crippen molar-refractivity contribution in [1.29, 1.82) is 0 Å². The summed E-state index contributed by atoms with van der Waals surface area (Å²) in [6.07, 6.45) is 4.28. The van der Waals surface area contributed by atoms with Gasteiger partial charge in [0.2, 0.25) is 5.91 Å². The number of nitrogens with zero attached hydrogens (tertiary/aromatic N) is 1. The van der Waals surface area contributed by atoms with Crippen LogP contribution in [0.25, 0.3) is 0 Å². The highest BCUT2D eigenvalue weighted by molar-refractivity contribution is 5.77. The maximum absolute atomic E-state index is 12.2. The fourth-order valence-corrected chi connectivity index (χ4v) is 2.48. The van der Waals surface area contributed by atoms with E-state index in [4.69, 9.17) is 4.74 Å². The fourth-order valence-electron chi connectivity index (χ4n) is 2.48. The predicted molar refractivity (Wildman–Crippen MR) is 78.5 cm³/mol. The van der Waals surface area contributed by atoms with Crippen LogP contribution in [0.2, 0.25) is 0 Å². The van der Waals surface area contributed by atoms with E-state index in [-0.39, 0.29) is 5.91 Å². The van der Waals surface area contributed by atoms with Crippen molar-refractivity contribution in [2.24, 2.45) is 0 Å². The molecule has 116 valence electrons. The minimum Gasteiger partial charge on any atom is -0.444 e. The number of hydrogen-bond acceptors (Lipinski definition) is 3. The first-order valence-corrected chi connectivity index (χ1v) is 7.60. The molecule has 5 heteroatoms. The summed E-state index contributed by atoms with van der Waals surface area (Å²) in [6, 6.07) is 0.373. The molecule has 1 aliphatic heterocycles. The second kappa shape index (κ2) is 7.50. The molecule has 0 aromatic heterocycles. The van der Waals surface area contributed by atoms with E-state index in [1.54, 1.807) is 0 Å². The zero-order valence-electron chi connectivity index (χ0n) is 13.2. The number of piperidine rings is 1. The summed E-state index contributed by atoms with van der Waals surface area (Å²) < 4.78 is 5.13. The highest BCUT2D eigenvalue weighted by atomic mass is 16.6. The van der Waals surface area contributed by atoms with Crippen molar-refractivity contribution >= 4 is 12.0 Å². The Balaban J connectivity index is 2.30. The van der Waals surface area contributed by atoms with Crippen LogP contribution in [0.1, 0.15) is 59.8 Å². The molecule has 0 spiro atoms. The second-order valence-corrected chi connectivity index (χ2v) is 6.32. The van der Waals surface area contributed by atoms with Crippen molar-refractivity contribution in [3.05, 3.63) is 0 Å². The number of rotatable bonds is 4. The van der Waals surface area contributed by atoms with Gasteiger partial charge in [-0.05, 0) is 46.5 Å².